The molecule has 6 heteroatoms. The summed E-state index contributed by atoms with van der Waals surface area (Å²) in [7, 11) is 0. The molecule has 0 atom stereocenters. The Labute approximate surface area is 180 Å². The first-order valence-electron chi connectivity index (χ1n) is 9.93. The van der Waals surface area contributed by atoms with Gasteiger partial charge in [-0.25, -0.2) is 4.98 Å². The molecule has 0 N–H and O–H groups in total. The van der Waals surface area contributed by atoms with Crippen molar-refractivity contribution in [3.8, 4) is 0 Å². The number of carbonyl (C=O) groups is 2. The molecule has 0 fully saturated rings. The predicted octanol–water partition coefficient (Wildman–Crippen LogP) is 5.13. The monoisotopic (exact) mass is 417 g/mol. The van der Waals surface area contributed by atoms with E-state index in [0.717, 1.165) is 24.2 Å². The average Bonchev–Trinajstić information content (AvgIpc) is 3.20. The zero-order valence-corrected chi connectivity index (χ0v) is 17.9. The standard InChI is InChI=1S/C24H23N3O2S/c1-17-10-12-22-19(15-17)7-6-14-26(22)23(29)13-11-20-16-30-24(25-20)27(18(2)28)21-8-4-3-5-9-21/h3-5,8-13,15-16H,6-7,14H2,1-2H3/b13-11+. The number of para-hydroxylation sites is 1. The van der Waals surface area contributed by atoms with Crippen LogP contribution in [-0.4, -0.2) is 23.3 Å². The highest BCUT2D eigenvalue weighted by Gasteiger charge is 2.21. The third kappa shape index (κ3) is 4.19. The third-order valence-corrected chi connectivity index (χ3v) is 5.89. The van der Waals surface area contributed by atoms with E-state index in [1.54, 1.807) is 17.1 Å². The van der Waals surface area contributed by atoms with Crippen LogP contribution < -0.4 is 9.80 Å². The minimum absolute atomic E-state index is 0.0548. The highest BCUT2D eigenvalue weighted by molar-refractivity contribution is 7.14. The molecule has 0 radical (unpaired) electrons. The summed E-state index contributed by atoms with van der Waals surface area (Å²) in [6.07, 6.45) is 5.24. The van der Waals surface area contributed by atoms with Crippen LogP contribution in [0, 0.1) is 6.92 Å². The molecule has 30 heavy (non-hydrogen) atoms. The molecule has 2 heterocycles. The number of anilines is 3. The van der Waals surface area contributed by atoms with Crippen molar-refractivity contribution in [2.75, 3.05) is 16.3 Å². The zero-order chi connectivity index (χ0) is 21.1. The molecule has 0 saturated carbocycles. The Morgan fingerprint density at radius 1 is 1.17 bits per heavy atom. The van der Waals surface area contributed by atoms with Crippen LogP contribution >= 0.6 is 11.3 Å². The number of fused-ring (bicyclic) bond motifs is 1. The molecule has 5 nitrogen and oxygen atoms in total. The largest absolute Gasteiger partial charge is 0.309 e. The number of amides is 2. The van der Waals surface area contributed by atoms with Crippen LogP contribution in [0.2, 0.25) is 0 Å². The molecule has 0 aliphatic carbocycles. The van der Waals surface area contributed by atoms with Gasteiger partial charge in [0.1, 0.15) is 0 Å². The Kier molecular flexibility index (Phi) is 5.77. The highest BCUT2D eigenvalue weighted by atomic mass is 32.1. The van der Waals surface area contributed by atoms with E-state index in [4.69, 9.17) is 0 Å². The Bertz CT molecular complexity index is 1100. The molecule has 152 valence electrons. The van der Waals surface area contributed by atoms with Crippen LogP contribution in [0.3, 0.4) is 0 Å². The Morgan fingerprint density at radius 2 is 1.97 bits per heavy atom. The fourth-order valence-electron chi connectivity index (χ4n) is 3.66. The van der Waals surface area contributed by atoms with E-state index >= 15 is 0 Å². The Balaban J connectivity index is 1.53. The van der Waals surface area contributed by atoms with E-state index < -0.39 is 0 Å². The van der Waals surface area contributed by atoms with Crippen molar-refractivity contribution in [1.82, 2.24) is 4.98 Å². The van der Waals surface area contributed by atoms with Crippen molar-refractivity contribution in [1.29, 1.82) is 0 Å². The average molecular weight is 418 g/mol. The van der Waals surface area contributed by atoms with Crippen molar-refractivity contribution in [3.05, 3.63) is 76.8 Å². The molecule has 1 aliphatic heterocycles. The van der Waals surface area contributed by atoms with Gasteiger partial charge in [0.2, 0.25) is 5.91 Å². The zero-order valence-electron chi connectivity index (χ0n) is 17.0. The van der Waals surface area contributed by atoms with Gasteiger partial charge in [0, 0.05) is 30.6 Å². The lowest BCUT2D eigenvalue weighted by atomic mass is 9.99. The van der Waals surface area contributed by atoms with Gasteiger partial charge in [-0.3, -0.25) is 14.5 Å². The van der Waals surface area contributed by atoms with Crippen LogP contribution in [0.5, 0.6) is 0 Å². The van der Waals surface area contributed by atoms with Crippen molar-refractivity contribution in [2.24, 2.45) is 0 Å². The summed E-state index contributed by atoms with van der Waals surface area (Å²) in [5, 5.41) is 2.44. The van der Waals surface area contributed by atoms with Crippen LogP contribution in [0.15, 0.2) is 60.0 Å². The van der Waals surface area contributed by atoms with Crippen molar-refractivity contribution in [2.45, 2.75) is 26.7 Å². The molecule has 2 amide bonds. The summed E-state index contributed by atoms with van der Waals surface area (Å²) >= 11 is 1.38. The highest BCUT2D eigenvalue weighted by Crippen LogP contribution is 2.30. The summed E-state index contributed by atoms with van der Waals surface area (Å²) in [6, 6.07) is 15.7. The van der Waals surface area contributed by atoms with Gasteiger partial charge in [0.05, 0.1) is 11.4 Å². The van der Waals surface area contributed by atoms with E-state index in [-0.39, 0.29) is 11.8 Å². The quantitative estimate of drug-likeness (QED) is 0.553. The van der Waals surface area contributed by atoms with Crippen LogP contribution in [-0.2, 0) is 16.0 Å². The maximum Gasteiger partial charge on any atom is 0.251 e. The van der Waals surface area contributed by atoms with E-state index in [9.17, 15) is 9.59 Å². The molecule has 1 aliphatic rings. The normalized spacial score (nSPS) is 13.3. The lowest BCUT2D eigenvalue weighted by Gasteiger charge is -2.28. The van der Waals surface area contributed by atoms with Gasteiger partial charge in [0.25, 0.3) is 5.91 Å². The fourth-order valence-corrected chi connectivity index (χ4v) is 4.52. The summed E-state index contributed by atoms with van der Waals surface area (Å²) in [5.41, 5.74) is 4.85. The lowest BCUT2D eigenvalue weighted by molar-refractivity contribution is -0.116. The first-order chi connectivity index (χ1) is 14.5. The molecular weight excluding hydrogens is 394 g/mol. The number of hydrogen-bond acceptors (Lipinski definition) is 4. The Hall–Kier alpha value is -3.25. The van der Waals surface area contributed by atoms with E-state index in [1.165, 1.54) is 29.4 Å². The van der Waals surface area contributed by atoms with Crippen LogP contribution in [0.25, 0.3) is 6.08 Å². The van der Waals surface area contributed by atoms with Gasteiger partial charge in [-0.2, -0.15) is 0 Å². The maximum absolute atomic E-state index is 12.8. The predicted molar refractivity (Wildman–Crippen MR) is 122 cm³/mol. The number of rotatable bonds is 4. The smallest absolute Gasteiger partial charge is 0.251 e. The second kappa shape index (κ2) is 8.63. The topological polar surface area (TPSA) is 53.5 Å². The number of aryl methyl sites for hydroxylation is 2. The van der Waals surface area contributed by atoms with Gasteiger partial charge < -0.3 is 4.90 Å². The molecule has 4 rings (SSSR count). The first kappa shape index (κ1) is 20.0. The van der Waals surface area contributed by atoms with Crippen molar-refractivity contribution >= 4 is 45.7 Å². The Morgan fingerprint density at radius 3 is 2.73 bits per heavy atom. The lowest BCUT2D eigenvalue weighted by Crippen LogP contribution is -2.34. The number of hydrogen-bond donors (Lipinski definition) is 0. The van der Waals surface area contributed by atoms with Gasteiger partial charge in [-0.05, 0) is 49.6 Å². The minimum Gasteiger partial charge on any atom is -0.309 e. The minimum atomic E-state index is -0.109. The van der Waals surface area contributed by atoms with Crippen LogP contribution in [0.4, 0.5) is 16.5 Å². The van der Waals surface area contributed by atoms with Crippen LogP contribution in [0.1, 0.15) is 30.2 Å². The summed E-state index contributed by atoms with van der Waals surface area (Å²) < 4.78 is 0. The molecule has 2 aromatic carbocycles. The fraction of sp³-hybridized carbons (Fsp3) is 0.208. The second-order valence-electron chi connectivity index (χ2n) is 7.30. The SMILES string of the molecule is CC(=O)N(c1ccccc1)c1nc(/C=C/C(=O)N2CCCc3cc(C)ccc32)cs1. The molecule has 0 spiro atoms. The van der Waals surface area contributed by atoms with E-state index in [0.29, 0.717) is 17.4 Å². The molecule has 3 aromatic rings. The molecular formula is C24H23N3O2S. The molecule has 0 bridgehead atoms. The molecule has 0 unspecified atom stereocenters. The molecule has 0 saturated heterocycles. The van der Waals surface area contributed by atoms with Crippen molar-refractivity contribution < 1.29 is 9.59 Å². The maximum atomic E-state index is 12.8. The van der Waals surface area contributed by atoms with Gasteiger partial charge in [-0.15, -0.1) is 11.3 Å². The first-order valence-corrected chi connectivity index (χ1v) is 10.8. The van der Waals surface area contributed by atoms with E-state index in [2.05, 4.69) is 18.0 Å². The number of thiazole rings is 1. The number of benzene rings is 2. The van der Waals surface area contributed by atoms with E-state index in [1.807, 2.05) is 52.7 Å². The summed E-state index contributed by atoms with van der Waals surface area (Å²) in [6.45, 7) is 4.30. The number of aromatic nitrogens is 1. The van der Waals surface area contributed by atoms with Crippen molar-refractivity contribution in [3.63, 3.8) is 0 Å². The number of nitrogens with zero attached hydrogens (tertiary/aromatic N) is 3. The number of carbonyl (C=O) groups excluding carboxylic acids is 2. The second-order valence-corrected chi connectivity index (χ2v) is 8.14. The summed E-state index contributed by atoms with van der Waals surface area (Å²) in [5.74, 6) is -0.164. The van der Waals surface area contributed by atoms with Gasteiger partial charge in [0.15, 0.2) is 5.13 Å². The third-order valence-electron chi connectivity index (χ3n) is 5.05. The molecule has 1 aromatic heterocycles. The van der Waals surface area contributed by atoms with Gasteiger partial charge in [-0.1, -0.05) is 35.9 Å². The van der Waals surface area contributed by atoms with Gasteiger partial charge >= 0.3 is 0 Å². The summed E-state index contributed by atoms with van der Waals surface area (Å²) in [4.78, 5) is 33.0.